The van der Waals surface area contributed by atoms with Gasteiger partial charge in [-0.2, -0.15) is 0 Å². The van der Waals surface area contributed by atoms with Crippen molar-refractivity contribution in [3.63, 3.8) is 0 Å². The first-order chi connectivity index (χ1) is 8.52. The Morgan fingerprint density at radius 1 is 1.50 bits per heavy atom. The monoisotopic (exact) mass is 248 g/mol. The van der Waals surface area contributed by atoms with Gasteiger partial charge >= 0.3 is 0 Å². The highest BCUT2D eigenvalue weighted by molar-refractivity contribution is 5.92. The topological polar surface area (TPSA) is 64.3 Å². The number of methoxy groups -OCH3 is 1. The van der Waals surface area contributed by atoms with Crippen molar-refractivity contribution in [2.45, 2.75) is 38.1 Å². The number of ether oxygens (including phenoxy) is 1. The van der Waals surface area contributed by atoms with Crippen molar-refractivity contribution >= 4 is 11.6 Å². The summed E-state index contributed by atoms with van der Waals surface area (Å²) in [6, 6.07) is 5.59. The molecule has 1 aliphatic rings. The molecule has 1 amide bonds. The average molecular weight is 248 g/mol. The normalized spacial score (nSPS) is 16.8. The number of benzene rings is 1. The van der Waals surface area contributed by atoms with E-state index in [9.17, 15) is 4.79 Å². The number of nitrogens with two attached hydrogens (primary N) is 1. The van der Waals surface area contributed by atoms with Crippen molar-refractivity contribution in [1.29, 1.82) is 0 Å². The summed E-state index contributed by atoms with van der Waals surface area (Å²) in [4.78, 5) is 11.9. The first-order valence-electron chi connectivity index (χ1n) is 6.26. The second-order valence-electron chi connectivity index (χ2n) is 5.12. The van der Waals surface area contributed by atoms with E-state index in [-0.39, 0.29) is 11.4 Å². The van der Waals surface area contributed by atoms with E-state index < -0.39 is 0 Å². The smallest absolute Gasteiger partial charge is 0.226 e. The van der Waals surface area contributed by atoms with Gasteiger partial charge in [-0.3, -0.25) is 4.79 Å². The number of carbonyl (C=O) groups excluding carboxylic acids is 1. The highest BCUT2D eigenvalue weighted by Gasteiger charge is 2.34. The molecule has 2 rings (SSSR count). The minimum absolute atomic E-state index is 0.00883. The number of rotatable bonds is 4. The Bertz CT molecular complexity index is 453. The van der Waals surface area contributed by atoms with Crippen molar-refractivity contribution in [3.05, 3.63) is 23.8 Å². The third-order valence-electron chi connectivity index (χ3n) is 3.57. The third-order valence-corrected chi connectivity index (χ3v) is 3.57. The van der Waals surface area contributed by atoms with Crippen LogP contribution in [0.25, 0.3) is 0 Å². The number of amides is 1. The standard InChI is InChI=1S/C14H20N2O2/c1-10-8-11(18-2)4-5-12(10)16-13(17)9-14(15)6-3-7-14/h4-5,8H,3,6-7,9,15H2,1-2H3,(H,16,17). The lowest BCUT2D eigenvalue weighted by Gasteiger charge is -2.37. The second-order valence-corrected chi connectivity index (χ2v) is 5.12. The van der Waals surface area contributed by atoms with Crippen LogP contribution in [0.5, 0.6) is 5.75 Å². The molecule has 0 aliphatic heterocycles. The molecule has 1 aromatic carbocycles. The molecule has 1 aromatic rings. The number of hydrogen-bond donors (Lipinski definition) is 2. The van der Waals surface area contributed by atoms with Crippen LogP contribution in [0.3, 0.4) is 0 Å². The predicted molar refractivity (Wildman–Crippen MR) is 71.7 cm³/mol. The molecule has 3 N–H and O–H groups in total. The zero-order valence-electron chi connectivity index (χ0n) is 11.0. The minimum atomic E-state index is -0.273. The largest absolute Gasteiger partial charge is 0.497 e. The van der Waals surface area contributed by atoms with Gasteiger partial charge in [0.1, 0.15) is 5.75 Å². The second kappa shape index (κ2) is 4.98. The van der Waals surface area contributed by atoms with Crippen LogP contribution < -0.4 is 15.8 Å². The quantitative estimate of drug-likeness (QED) is 0.858. The fraction of sp³-hybridized carbons (Fsp3) is 0.500. The molecule has 98 valence electrons. The molecule has 0 radical (unpaired) electrons. The Hall–Kier alpha value is -1.55. The fourth-order valence-electron chi connectivity index (χ4n) is 2.23. The molecule has 1 aliphatic carbocycles. The van der Waals surface area contributed by atoms with Crippen LogP contribution in [0.2, 0.25) is 0 Å². The van der Waals surface area contributed by atoms with Gasteiger partial charge in [0.05, 0.1) is 7.11 Å². The van der Waals surface area contributed by atoms with Gasteiger partial charge in [-0.1, -0.05) is 0 Å². The Morgan fingerprint density at radius 3 is 2.72 bits per heavy atom. The Kier molecular flexibility index (Phi) is 3.57. The first kappa shape index (κ1) is 12.9. The van der Waals surface area contributed by atoms with Crippen LogP contribution >= 0.6 is 0 Å². The SMILES string of the molecule is COc1ccc(NC(=O)CC2(N)CCC2)c(C)c1. The van der Waals surface area contributed by atoms with Crippen LogP contribution in [0.1, 0.15) is 31.2 Å². The highest BCUT2D eigenvalue weighted by atomic mass is 16.5. The van der Waals surface area contributed by atoms with Crippen LogP contribution in [-0.2, 0) is 4.79 Å². The van der Waals surface area contributed by atoms with Crippen LogP contribution in [0.4, 0.5) is 5.69 Å². The third kappa shape index (κ3) is 2.82. The molecular formula is C14H20N2O2. The summed E-state index contributed by atoms with van der Waals surface area (Å²) in [6.45, 7) is 1.94. The molecule has 4 nitrogen and oxygen atoms in total. The number of aryl methyl sites for hydroxylation is 1. The van der Waals surface area contributed by atoms with E-state index in [4.69, 9.17) is 10.5 Å². The Labute approximate surface area is 108 Å². The molecule has 18 heavy (non-hydrogen) atoms. The summed E-state index contributed by atoms with van der Waals surface area (Å²) >= 11 is 0. The maximum Gasteiger partial charge on any atom is 0.226 e. The summed E-state index contributed by atoms with van der Waals surface area (Å²) < 4.78 is 5.13. The summed E-state index contributed by atoms with van der Waals surface area (Å²) in [5.74, 6) is 0.783. The van der Waals surface area contributed by atoms with Gasteiger partial charge in [-0.15, -0.1) is 0 Å². The number of nitrogens with one attached hydrogen (secondary N) is 1. The molecule has 0 spiro atoms. The molecular weight excluding hydrogens is 228 g/mol. The van der Waals surface area contributed by atoms with Crippen molar-refractivity contribution < 1.29 is 9.53 Å². The number of anilines is 1. The minimum Gasteiger partial charge on any atom is -0.497 e. The van der Waals surface area contributed by atoms with Crippen molar-refractivity contribution in [3.8, 4) is 5.75 Å². The number of hydrogen-bond acceptors (Lipinski definition) is 3. The molecule has 4 heteroatoms. The molecule has 1 saturated carbocycles. The summed E-state index contributed by atoms with van der Waals surface area (Å²) in [7, 11) is 1.63. The molecule has 0 saturated heterocycles. The van der Waals surface area contributed by atoms with E-state index in [2.05, 4.69) is 5.32 Å². The van der Waals surface area contributed by atoms with Gasteiger partial charge in [-0.05, 0) is 49.9 Å². The summed E-state index contributed by atoms with van der Waals surface area (Å²) in [5, 5.41) is 2.91. The predicted octanol–water partition coefficient (Wildman–Crippen LogP) is 2.21. The first-order valence-corrected chi connectivity index (χ1v) is 6.26. The maximum absolute atomic E-state index is 11.9. The summed E-state index contributed by atoms with van der Waals surface area (Å²) in [6.07, 6.45) is 3.42. The van der Waals surface area contributed by atoms with Gasteiger partial charge in [-0.25, -0.2) is 0 Å². The van der Waals surface area contributed by atoms with Gasteiger partial charge in [0, 0.05) is 17.6 Å². The van der Waals surface area contributed by atoms with Gasteiger partial charge in [0.2, 0.25) is 5.91 Å². The Balaban J connectivity index is 1.98. The number of carbonyl (C=O) groups is 1. The van der Waals surface area contributed by atoms with Crippen LogP contribution in [0.15, 0.2) is 18.2 Å². The summed E-state index contributed by atoms with van der Waals surface area (Å²) in [5.41, 5.74) is 7.60. The zero-order chi connectivity index (χ0) is 13.2. The molecule has 0 aromatic heterocycles. The van der Waals surface area contributed by atoms with E-state index >= 15 is 0 Å². The lowest BCUT2D eigenvalue weighted by molar-refractivity contribution is -0.118. The van der Waals surface area contributed by atoms with E-state index in [1.807, 2.05) is 25.1 Å². The highest BCUT2D eigenvalue weighted by Crippen LogP contribution is 2.32. The van der Waals surface area contributed by atoms with E-state index in [0.29, 0.717) is 6.42 Å². The van der Waals surface area contributed by atoms with E-state index in [0.717, 1.165) is 36.3 Å². The van der Waals surface area contributed by atoms with Gasteiger partial charge < -0.3 is 15.8 Å². The van der Waals surface area contributed by atoms with Gasteiger partial charge in [0.15, 0.2) is 0 Å². The van der Waals surface area contributed by atoms with Crippen molar-refractivity contribution in [2.75, 3.05) is 12.4 Å². The van der Waals surface area contributed by atoms with Crippen LogP contribution in [0, 0.1) is 6.92 Å². The van der Waals surface area contributed by atoms with E-state index in [1.165, 1.54) is 0 Å². The maximum atomic E-state index is 11.9. The molecule has 1 fully saturated rings. The van der Waals surface area contributed by atoms with E-state index in [1.54, 1.807) is 7.11 Å². The van der Waals surface area contributed by atoms with Crippen molar-refractivity contribution in [1.82, 2.24) is 0 Å². The average Bonchev–Trinajstić information content (AvgIpc) is 2.29. The van der Waals surface area contributed by atoms with Gasteiger partial charge in [0.25, 0.3) is 0 Å². The lowest BCUT2D eigenvalue weighted by atomic mass is 9.75. The van der Waals surface area contributed by atoms with Crippen LogP contribution in [-0.4, -0.2) is 18.6 Å². The zero-order valence-corrected chi connectivity index (χ0v) is 11.0. The molecule has 0 bridgehead atoms. The van der Waals surface area contributed by atoms with Crippen molar-refractivity contribution in [2.24, 2.45) is 5.73 Å². The fourth-order valence-corrected chi connectivity index (χ4v) is 2.23. The molecule has 0 atom stereocenters. The molecule has 0 unspecified atom stereocenters. The Morgan fingerprint density at radius 2 is 2.22 bits per heavy atom. The lowest BCUT2D eigenvalue weighted by Crippen LogP contribution is -2.48. The molecule has 0 heterocycles.